The van der Waals surface area contributed by atoms with Gasteiger partial charge in [-0.25, -0.2) is 13.8 Å². The van der Waals surface area contributed by atoms with Crippen LogP contribution in [0.15, 0.2) is 47.6 Å². The molecule has 10 heteroatoms. The van der Waals surface area contributed by atoms with E-state index in [1.807, 2.05) is 0 Å². The normalized spacial score (nSPS) is 11.7. The van der Waals surface area contributed by atoms with Gasteiger partial charge in [-0.1, -0.05) is 29.8 Å². The molecule has 30 heavy (non-hydrogen) atoms. The van der Waals surface area contributed by atoms with Gasteiger partial charge in [0.25, 0.3) is 5.91 Å². The van der Waals surface area contributed by atoms with Gasteiger partial charge >= 0.3 is 0 Å². The van der Waals surface area contributed by atoms with E-state index in [0.29, 0.717) is 27.7 Å². The molecule has 0 fully saturated rings. The minimum atomic E-state index is -3.73. The minimum Gasteiger partial charge on any atom is -0.326 e. The second kappa shape index (κ2) is 9.73. The number of nitrogens with one attached hydrogen (secondary N) is 2. The first-order valence-corrected chi connectivity index (χ1v) is 11.1. The minimum absolute atomic E-state index is 0.175. The highest BCUT2D eigenvalue weighted by Gasteiger charge is 2.22. The fourth-order valence-electron chi connectivity index (χ4n) is 2.61. The van der Waals surface area contributed by atoms with Crippen LogP contribution in [0.2, 0.25) is 5.02 Å². The number of hydrogen-bond acceptors (Lipinski definition) is 5. The number of carbonyl (C=O) groups excluding carboxylic acids is 2. The van der Waals surface area contributed by atoms with Crippen LogP contribution < -0.4 is 15.0 Å². The average molecular weight is 451 g/mol. The standard InChI is InChI=1S/C20H23ClN4O4S/c1-13-5-8-17(21)11-19(13)25(30(4,28)29)12-20(27)24-23-14(2)16-6-9-18(10-7-16)22-15(3)26/h5-11H,12H2,1-4H3,(H,22,26)(H,24,27)/b23-14-. The highest BCUT2D eigenvalue weighted by molar-refractivity contribution is 7.92. The molecule has 2 rings (SSSR count). The molecule has 2 aromatic rings. The molecule has 8 nitrogen and oxygen atoms in total. The van der Waals surface area contributed by atoms with Crippen LogP contribution in [0.25, 0.3) is 0 Å². The molecular weight excluding hydrogens is 428 g/mol. The number of hydrogen-bond donors (Lipinski definition) is 2. The fourth-order valence-corrected chi connectivity index (χ4v) is 3.68. The van der Waals surface area contributed by atoms with E-state index in [1.54, 1.807) is 50.2 Å². The molecule has 0 spiro atoms. The predicted molar refractivity (Wildman–Crippen MR) is 119 cm³/mol. The number of hydrazone groups is 1. The van der Waals surface area contributed by atoms with Crippen LogP contribution in [0.1, 0.15) is 25.0 Å². The lowest BCUT2D eigenvalue weighted by atomic mass is 10.1. The summed E-state index contributed by atoms with van der Waals surface area (Å²) < 4.78 is 25.5. The summed E-state index contributed by atoms with van der Waals surface area (Å²) in [5, 5.41) is 7.06. The van der Waals surface area contributed by atoms with Gasteiger partial charge < -0.3 is 5.32 Å². The molecule has 0 unspecified atom stereocenters. The van der Waals surface area contributed by atoms with Crippen LogP contribution in [0.5, 0.6) is 0 Å². The summed E-state index contributed by atoms with van der Waals surface area (Å²) in [4.78, 5) is 23.4. The second-order valence-corrected chi connectivity index (χ2v) is 9.03. The number of rotatable bonds is 7. The number of sulfonamides is 1. The summed E-state index contributed by atoms with van der Waals surface area (Å²) in [6.45, 7) is 4.40. The Morgan fingerprint density at radius 1 is 1.10 bits per heavy atom. The third-order valence-electron chi connectivity index (χ3n) is 4.10. The molecular formula is C20H23ClN4O4S. The van der Waals surface area contributed by atoms with Crippen molar-refractivity contribution in [2.24, 2.45) is 5.10 Å². The molecule has 0 saturated carbocycles. The molecule has 0 aliphatic rings. The summed E-state index contributed by atoms with van der Waals surface area (Å²) in [7, 11) is -3.73. The number of nitrogens with zero attached hydrogens (tertiary/aromatic N) is 2. The molecule has 0 bridgehead atoms. The van der Waals surface area contributed by atoms with E-state index in [-0.39, 0.29) is 5.91 Å². The molecule has 2 amide bonds. The molecule has 0 atom stereocenters. The molecule has 0 saturated heterocycles. The number of benzene rings is 2. The SMILES string of the molecule is CC(=O)Nc1ccc(/C(C)=N\NC(=O)CN(c2cc(Cl)ccc2C)S(C)(=O)=O)cc1. The Balaban J connectivity index is 2.13. The number of amides is 2. The summed E-state index contributed by atoms with van der Waals surface area (Å²) in [5.74, 6) is -0.778. The molecule has 0 aromatic heterocycles. The van der Waals surface area contributed by atoms with Gasteiger partial charge in [0, 0.05) is 17.6 Å². The van der Waals surface area contributed by atoms with Crippen molar-refractivity contribution < 1.29 is 18.0 Å². The zero-order chi connectivity index (χ0) is 22.5. The quantitative estimate of drug-likeness (QED) is 0.499. The molecule has 0 aliphatic heterocycles. The fraction of sp³-hybridized carbons (Fsp3) is 0.250. The van der Waals surface area contributed by atoms with Gasteiger partial charge in [0.2, 0.25) is 15.9 Å². The van der Waals surface area contributed by atoms with Gasteiger partial charge in [0.15, 0.2) is 0 Å². The largest absolute Gasteiger partial charge is 0.326 e. The van der Waals surface area contributed by atoms with E-state index in [2.05, 4.69) is 15.8 Å². The highest BCUT2D eigenvalue weighted by Crippen LogP contribution is 2.26. The summed E-state index contributed by atoms with van der Waals surface area (Å²) in [6.07, 6.45) is 1.02. The van der Waals surface area contributed by atoms with Crippen LogP contribution >= 0.6 is 11.6 Å². The number of aryl methyl sites for hydroxylation is 1. The first-order valence-electron chi connectivity index (χ1n) is 8.92. The number of halogens is 1. The Bertz CT molecular complexity index is 1080. The summed E-state index contributed by atoms with van der Waals surface area (Å²) in [5.41, 5.74) is 5.26. The van der Waals surface area contributed by atoms with Crippen molar-refractivity contribution in [3.8, 4) is 0 Å². The molecule has 2 aromatic carbocycles. The summed E-state index contributed by atoms with van der Waals surface area (Å²) >= 11 is 5.99. The van der Waals surface area contributed by atoms with Crippen LogP contribution in [0, 0.1) is 6.92 Å². The molecule has 0 heterocycles. The van der Waals surface area contributed by atoms with Crippen LogP contribution in [-0.2, 0) is 19.6 Å². The zero-order valence-corrected chi connectivity index (χ0v) is 18.6. The third-order valence-corrected chi connectivity index (χ3v) is 5.46. The smallest absolute Gasteiger partial charge is 0.260 e. The van der Waals surface area contributed by atoms with Gasteiger partial charge in [-0.2, -0.15) is 5.10 Å². The maximum absolute atomic E-state index is 12.4. The van der Waals surface area contributed by atoms with E-state index in [1.165, 1.54) is 13.0 Å². The topological polar surface area (TPSA) is 108 Å². The lowest BCUT2D eigenvalue weighted by Gasteiger charge is -2.23. The predicted octanol–water partition coefficient (Wildman–Crippen LogP) is 2.91. The Kier molecular flexibility index (Phi) is 7.58. The Morgan fingerprint density at radius 3 is 2.30 bits per heavy atom. The van der Waals surface area contributed by atoms with Crippen molar-refractivity contribution in [2.75, 3.05) is 22.4 Å². The zero-order valence-electron chi connectivity index (χ0n) is 17.1. The first-order chi connectivity index (χ1) is 14.0. The maximum atomic E-state index is 12.4. The lowest BCUT2D eigenvalue weighted by molar-refractivity contribution is -0.119. The van der Waals surface area contributed by atoms with Gasteiger partial charge in [-0.05, 0) is 49.2 Å². The Hall–Kier alpha value is -2.91. The van der Waals surface area contributed by atoms with Gasteiger partial charge in [0.1, 0.15) is 6.54 Å². The van der Waals surface area contributed by atoms with Crippen molar-refractivity contribution in [3.05, 3.63) is 58.6 Å². The van der Waals surface area contributed by atoms with E-state index >= 15 is 0 Å². The Labute approximate surface area is 181 Å². The Morgan fingerprint density at radius 2 is 1.73 bits per heavy atom. The monoisotopic (exact) mass is 450 g/mol. The molecule has 0 aliphatic carbocycles. The number of carbonyl (C=O) groups is 2. The second-order valence-electron chi connectivity index (χ2n) is 6.69. The van der Waals surface area contributed by atoms with Crippen molar-refractivity contribution in [2.45, 2.75) is 20.8 Å². The van der Waals surface area contributed by atoms with E-state index in [9.17, 15) is 18.0 Å². The molecule has 0 radical (unpaired) electrons. The summed E-state index contributed by atoms with van der Waals surface area (Å²) in [6, 6.07) is 11.7. The molecule has 2 N–H and O–H groups in total. The van der Waals surface area contributed by atoms with Gasteiger partial charge in [-0.3, -0.25) is 13.9 Å². The average Bonchev–Trinajstić information content (AvgIpc) is 2.65. The lowest BCUT2D eigenvalue weighted by Crippen LogP contribution is -2.39. The van der Waals surface area contributed by atoms with Crippen molar-refractivity contribution in [3.63, 3.8) is 0 Å². The maximum Gasteiger partial charge on any atom is 0.260 e. The number of anilines is 2. The van der Waals surface area contributed by atoms with E-state index < -0.39 is 22.5 Å². The van der Waals surface area contributed by atoms with Crippen molar-refractivity contribution in [1.29, 1.82) is 0 Å². The van der Waals surface area contributed by atoms with Crippen LogP contribution in [-0.4, -0.2) is 38.7 Å². The first kappa shape index (κ1) is 23.4. The van der Waals surface area contributed by atoms with E-state index in [4.69, 9.17) is 11.6 Å². The highest BCUT2D eigenvalue weighted by atomic mass is 35.5. The molecule has 160 valence electrons. The van der Waals surface area contributed by atoms with Crippen molar-refractivity contribution >= 4 is 50.5 Å². The van der Waals surface area contributed by atoms with E-state index in [0.717, 1.165) is 16.1 Å². The van der Waals surface area contributed by atoms with Crippen molar-refractivity contribution in [1.82, 2.24) is 5.43 Å². The third kappa shape index (κ3) is 6.57. The van der Waals surface area contributed by atoms with Crippen LogP contribution in [0.3, 0.4) is 0 Å². The van der Waals surface area contributed by atoms with Crippen LogP contribution in [0.4, 0.5) is 11.4 Å². The van der Waals surface area contributed by atoms with Gasteiger partial charge in [-0.15, -0.1) is 0 Å². The van der Waals surface area contributed by atoms with Gasteiger partial charge in [0.05, 0.1) is 17.7 Å².